The van der Waals surface area contributed by atoms with Gasteiger partial charge in [-0.3, -0.25) is 29.8 Å². The fourth-order valence-corrected chi connectivity index (χ4v) is 18.2. The highest BCUT2D eigenvalue weighted by Gasteiger charge is 2.35. The summed E-state index contributed by atoms with van der Waals surface area (Å²) in [6.45, 7) is 24.1. The van der Waals surface area contributed by atoms with E-state index >= 15 is 0 Å². The maximum atomic E-state index is 11.7. The van der Waals surface area contributed by atoms with Crippen molar-refractivity contribution in [3.05, 3.63) is 0 Å². The van der Waals surface area contributed by atoms with E-state index in [4.69, 9.17) is 47.4 Å². The van der Waals surface area contributed by atoms with Gasteiger partial charge in [-0.2, -0.15) is 17.6 Å². The second-order valence-corrected chi connectivity index (χ2v) is 37.5. The number of hydrogen-bond donors (Lipinski definition) is 2. The van der Waals surface area contributed by atoms with E-state index in [1.165, 1.54) is 79.6 Å². The topological polar surface area (TPSA) is 350 Å². The first kappa shape index (κ1) is 85.5. The van der Waals surface area contributed by atoms with E-state index in [0.29, 0.717) is 50.5 Å². The van der Waals surface area contributed by atoms with Crippen molar-refractivity contribution >= 4 is 60.0 Å². The van der Waals surface area contributed by atoms with Gasteiger partial charge in [-0.25, -0.2) is 54.8 Å². The summed E-state index contributed by atoms with van der Waals surface area (Å²) in [4.78, 5) is 11.8. The molecule has 96 heavy (non-hydrogen) atoms. The average Bonchev–Trinajstić information content (AvgIpc) is 0.975. The molecule has 1 atom stereocenters. The maximum Gasteiger partial charge on any atom is 0.219 e. The molecule has 0 spiro atoms. The van der Waals surface area contributed by atoms with Crippen molar-refractivity contribution in [2.24, 2.45) is 0 Å². The molecule has 13 rings (SSSR count). The van der Waals surface area contributed by atoms with Gasteiger partial charge in [0.25, 0.3) is 0 Å². The molecule has 0 aromatic rings. The number of nitrogens with one attached hydrogen (secondary N) is 2. The molecule has 0 saturated carbocycles. The smallest absolute Gasteiger partial charge is 0.219 e. The largest absolute Gasteiger partial charge is 0.366 e. The van der Waals surface area contributed by atoms with E-state index in [1.807, 2.05) is 0 Å². The number of ether oxygens (including phenoxy) is 10. The first-order chi connectivity index (χ1) is 45.9. The van der Waals surface area contributed by atoms with Crippen LogP contribution in [0.15, 0.2) is 0 Å². The third-order valence-electron chi connectivity index (χ3n) is 16.5. The van der Waals surface area contributed by atoms with Crippen molar-refractivity contribution in [3.63, 3.8) is 0 Å². The fraction of sp³-hybridized carbons (Fsp3) is 1.00. The Hall–Kier alpha value is -1.14. The van der Waals surface area contributed by atoms with E-state index in [1.54, 1.807) is 14.0 Å². The molecular weight excluding hydrogens is 1380 g/mol. The minimum absolute atomic E-state index is 0.0807. The van der Waals surface area contributed by atoms with Crippen LogP contribution in [0.3, 0.4) is 0 Å². The molecule has 568 valence electrons. The minimum Gasteiger partial charge on any atom is -0.366 e. The van der Waals surface area contributed by atoms with Gasteiger partial charge in [0.2, 0.25) is 50.1 Å². The van der Waals surface area contributed by atoms with Gasteiger partial charge in [0.1, 0.15) is 43.1 Å². The molecular formula is C57H117N11O22S6. The Labute approximate surface area is 575 Å². The number of sulfone groups is 1. The molecule has 39 heteroatoms. The molecule has 0 aromatic heterocycles. The Morgan fingerprint density at radius 2 is 0.729 bits per heavy atom. The van der Waals surface area contributed by atoms with Crippen LogP contribution in [0.5, 0.6) is 0 Å². The van der Waals surface area contributed by atoms with E-state index in [-0.39, 0.29) is 69.3 Å². The zero-order valence-corrected chi connectivity index (χ0v) is 62.1. The predicted molar refractivity (Wildman–Crippen MR) is 361 cm³/mol. The molecule has 13 heterocycles. The van der Waals surface area contributed by atoms with Gasteiger partial charge in [-0.15, -0.1) is 0 Å². The van der Waals surface area contributed by atoms with E-state index in [0.717, 1.165) is 173 Å². The lowest BCUT2D eigenvalue weighted by Crippen LogP contribution is -2.51. The molecule has 0 aliphatic carbocycles. The quantitative estimate of drug-likeness (QED) is 0.320. The predicted octanol–water partition coefficient (Wildman–Crippen LogP) is -0.111. The van der Waals surface area contributed by atoms with Gasteiger partial charge in [0.15, 0.2) is 0 Å². The van der Waals surface area contributed by atoms with Gasteiger partial charge in [-0.05, 0) is 123 Å². The zero-order chi connectivity index (χ0) is 69.4. The monoisotopic (exact) mass is 1500 g/mol. The summed E-state index contributed by atoms with van der Waals surface area (Å²) in [6, 6.07) is 0. The Kier molecular flexibility index (Phi) is 42.1. The van der Waals surface area contributed by atoms with Gasteiger partial charge in [0.05, 0.1) is 134 Å². The standard InChI is InChI=1S/C10H20N2O.C9H18N2O3S.C9H18N2O2.C7H14N2O6S2.C5H11NO2S.C5H10O2S.C4H9NO3S.C4H9NO.C4H8O2/c1-2-5-11(6-3-1)9-12-7-4-8-13-10-12;12-15(13)7-6-14-9-11(15)8-10-4-2-1-3-5-10;1-3-10(8-12-5-1)7-11-4-2-6-13-9-11;10-16(11)3-1-14-6-8(16)5-9-7-15-2-4-17(9,12)13;1-6-4-2-3-5-9(6,7)8;6-8(7)4-2-1-3-5-8;1-4-5-9(6,7)3-2-8-4;2*1-2-5-4-6-3-1/h1-10H2;1-9H2;1-9H2;1-7H2;2-5H2,1H3;1-5H2;4-5H,2-3H2,1H3;5H,1-4H2;1-4H2. The lowest BCUT2D eigenvalue weighted by atomic mass is 10.1. The summed E-state index contributed by atoms with van der Waals surface area (Å²) in [5.74, 6) is 1.14. The van der Waals surface area contributed by atoms with Crippen molar-refractivity contribution in [3.8, 4) is 0 Å². The lowest BCUT2D eigenvalue weighted by Gasteiger charge is -2.34. The number of rotatable bonds is 8. The highest BCUT2D eigenvalue weighted by Crippen LogP contribution is 2.17. The van der Waals surface area contributed by atoms with E-state index in [2.05, 4.69) is 34.5 Å². The molecule has 0 bridgehead atoms. The molecule has 2 N–H and O–H groups in total. The highest BCUT2D eigenvalue weighted by atomic mass is 32.2. The molecule has 13 aliphatic heterocycles. The zero-order valence-electron chi connectivity index (χ0n) is 57.2. The molecule has 0 radical (unpaired) electrons. The van der Waals surface area contributed by atoms with Crippen LogP contribution < -0.4 is 10.0 Å². The molecule has 13 saturated heterocycles. The maximum absolute atomic E-state index is 11.7. The summed E-state index contributed by atoms with van der Waals surface area (Å²) in [5.41, 5.74) is 0. The Morgan fingerprint density at radius 3 is 1.03 bits per heavy atom. The molecule has 33 nitrogen and oxygen atoms in total. The summed E-state index contributed by atoms with van der Waals surface area (Å²) >= 11 is 0. The van der Waals surface area contributed by atoms with Crippen molar-refractivity contribution in [2.75, 3.05) is 253 Å². The normalized spacial score (nSPS) is 28.5. The van der Waals surface area contributed by atoms with Crippen molar-refractivity contribution < 1.29 is 97.9 Å². The first-order valence-corrected chi connectivity index (χ1v) is 44.1. The summed E-state index contributed by atoms with van der Waals surface area (Å²) in [6.07, 6.45) is 17.9. The summed E-state index contributed by atoms with van der Waals surface area (Å²) in [5, 5.41) is 3.06. The van der Waals surface area contributed by atoms with Crippen LogP contribution in [-0.4, -0.2) is 351 Å². The van der Waals surface area contributed by atoms with Crippen LogP contribution in [0.1, 0.15) is 110 Å². The van der Waals surface area contributed by atoms with E-state index < -0.39 is 60.0 Å². The van der Waals surface area contributed by atoms with Gasteiger partial charge >= 0.3 is 0 Å². The van der Waals surface area contributed by atoms with Crippen molar-refractivity contribution in [2.45, 2.75) is 116 Å². The number of likely N-dealkylation sites (tertiary alicyclic amines) is 2. The Balaban J connectivity index is 0.000000199. The second kappa shape index (κ2) is 47.3. The van der Waals surface area contributed by atoms with E-state index in [9.17, 15) is 50.5 Å². The van der Waals surface area contributed by atoms with Gasteiger partial charge < -0.3 is 47.4 Å². The lowest BCUT2D eigenvalue weighted by molar-refractivity contribution is -0.0963. The minimum atomic E-state index is -3.43. The third-order valence-corrected chi connectivity index (χ3v) is 26.7. The summed E-state index contributed by atoms with van der Waals surface area (Å²) in [7, 11) is -16.7. The van der Waals surface area contributed by atoms with Crippen LogP contribution in [-0.2, 0) is 107 Å². The Bertz CT molecular complexity index is 2600. The molecule has 1 unspecified atom stereocenters. The molecule has 0 amide bonds. The van der Waals surface area contributed by atoms with Crippen LogP contribution >= 0.6 is 0 Å². The third kappa shape index (κ3) is 37.3. The average molecular weight is 1500 g/mol. The number of nitrogens with zero attached hydrogens (tertiary/aromatic N) is 9. The SMILES string of the molecule is C1CCN(CN2CCCOC2)CC1.C1CNCOC1.C1COCN(CN2CCCOC2)C1.C1COCOC1.CC1NS(=O)(=O)CCO1.CN1CCCCS1(=O)=O.O=S1(=O)CCCCC1.O=S1(=O)CCOCN1CN1CCCCC1.O=S1(=O)CCOCN1CN1COCCS1(=O)=O. The molecule has 13 fully saturated rings. The second-order valence-electron chi connectivity index (χ2n) is 24.9. The van der Waals surface area contributed by atoms with Gasteiger partial charge in [0, 0.05) is 59.7 Å². The van der Waals surface area contributed by atoms with Crippen LogP contribution in [0.25, 0.3) is 0 Å². The first-order valence-electron chi connectivity index (χ1n) is 34.2. The van der Waals surface area contributed by atoms with Crippen molar-refractivity contribution in [1.82, 2.24) is 51.8 Å². The highest BCUT2D eigenvalue weighted by molar-refractivity contribution is 7.91. The molecule has 13 aliphatic rings. The van der Waals surface area contributed by atoms with Gasteiger partial charge in [-0.1, -0.05) is 19.3 Å². The number of hydrogen-bond acceptors (Lipinski definition) is 28. The van der Waals surface area contributed by atoms with Crippen LogP contribution in [0, 0.1) is 0 Å². The van der Waals surface area contributed by atoms with Crippen LogP contribution in [0.2, 0.25) is 0 Å². The van der Waals surface area contributed by atoms with Crippen LogP contribution in [0.4, 0.5) is 0 Å². The fourth-order valence-electron chi connectivity index (χ4n) is 10.9. The molecule has 0 aromatic carbocycles. The van der Waals surface area contributed by atoms with Crippen molar-refractivity contribution in [1.29, 1.82) is 0 Å². The Morgan fingerprint density at radius 1 is 0.333 bits per heavy atom. The summed E-state index contributed by atoms with van der Waals surface area (Å²) < 4.78 is 193. The number of sulfonamides is 5. The number of piperidine rings is 2.